The van der Waals surface area contributed by atoms with E-state index < -0.39 is 0 Å². The number of ether oxygens (including phenoxy) is 3. The molecule has 1 aliphatic heterocycles. The molecule has 7 heteroatoms. The zero-order valence-corrected chi connectivity index (χ0v) is 17.0. The van der Waals surface area contributed by atoms with E-state index in [1.165, 1.54) is 16.9 Å². The van der Waals surface area contributed by atoms with Crippen molar-refractivity contribution in [2.75, 3.05) is 13.4 Å². The molecule has 1 aliphatic rings. The molecule has 0 bridgehead atoms. The lowest BCUT2D eigenvalue weighted by Gasteiger charge is -2.07. The Bertz CT molecular complexity index is 1170. The second-order valence-corrected chi connectivity index (χ2v) is 7.88. The number of fused-ring (bicyclic) bond motifs is 2. The van der Waals surface area contributed by atoms with Gasteiger partial charge in [-0.1, -0.05) is 43.2 Å². The van der Waals surface area contributed by atoms with Gasteiger partial charge in [-0.3, -0.25) is 4.79 Å². The van der Waals surface area contributed by atoms with Crippen molar-refractivity contribution in [3.63, 3.8) is 0 Å². The summed E-state index contributed by atoms with van der Waals surface area (Å²) in [7, 11) is 0. The molecule has 0 atom stereocenters. The lowest BCUT2D eigenvalue weighted by molar-refractivity contribution is -0.120. The molecule has 0 N–H and O–H groups in total. The zero-order chi connectivity index (χ0) is 20.4. The number of carbonyl (C=O) groups excluding carboxylic acids is 1. The Morgan fingerprint density at radius 3 is 2.69 bits per heavy atom. The van der Waals surface area contributed by atoms with Gasteiger partial charge in [-0.2, -0.15) is 4.99 Å². The number of rotatable bonds is 5. The van der Waals surface area contributed by atoms with Crippen LogP contribution in [0.25, 0.3) is 10.2 Å². The first-order valence-electron chi connectivity index (χ1n) is 9.22. The van der Waals surface area contributed by atoms with Crippen LogP contribution in [0.1, 0.15) is 25.3 Å². The number of hydrogen-bond donors (Lipinski definition) is 0. The van der Waals surface area contributed by atoms with E-state index in [4.69, 9.17) is 20.6 Å². The van der Waals surface area contributed by atoms with E-state index in [1.807, 2.05) is 41.0 Å². The van der Waals surface area contributed by atoms with Crippen LogP contribution in [0.5, 0.6) is 17.2 Å². The average Bonchev–Trinajstić information content (AvgIpc) is 3.29. The molecule has 0 fully saturated rings. The van der Waals surface area contributed by atoms with Crippen LogP contribution in [0, 0.1) is 12.3 Å². The minimum atomic E-state index is -0.379. The van der Waals surface area contributed by atoms with E-state index in [-0.39, 0.29) is 19.3 Å². The van der Waals surface area contributed by atoms with Crippen molar-refractivity contribution in [1.29, 1.82) is 0 Å². The van der Waals surface area contributed by atoms with E-state index >= 15 is 0 Å². The number of terminal acetylenes is 1. The summed E-state index contributed by atoms with van der Waals surface area (Å²) in [5, 5.41) is 0. The quantitative estimate of drug-likeness (QED) is 0.604. The van der Waals surface area contributed by atoms with Crippen LogP contribution in [0.3, 0.4) is 0 Å². The molecule has 0 spiro atoms. The van der Waals surface area contributed by atoms with Crippen molar-refractivity contribution in [3.05, 3.63) is 46.8 Å². The van der Waals surface area contributed by atoms with Gasteiger partial charge in [0.25, 0.3) is 5.91 Å². The molecular weight excluding hydrogens is 388 g/mol. The molecule has 1 amide bonds. The lowest BCUT2D eigenvalue weighted by atomic mass is 10.0. The lowest BCUT2D eigenvalue weighted by Crippen LogP contribution is -2.19. The smallest absolute Gasteiger partial charge is 0.286 e. The Kier molecular flexibility index (Phi) is 5.28. The molecule has 0 saturated carbocycles. The first-order chi connectivity index (χ1) is 14.0. The Morgan fingerprint density at radius 2 is 2.00 bits per heavy atom. The van der Waals surface area contributed by atoms with Gasteiger partial charge in [-0.15, -0.1) is 6.42 Å². The second kappa shape index (κ2) is 8.02. The second-order valence-electron chi connectivity index (χ2n) is 6.87. The van der Waals surface area contributed by atoms with Crippen LogP contribution in [0.15, 0.2) is 41.4 Å². The SMILES string of the molecule is C#CCn1c(=NC(=O)COc2ccc(C(C)C)cc2)sc2cc3c(cc21)OCO3. The van der Waals surface area contributed by atoms with Crippen LogP contribution < -0.4 is 19.0 Å². The van der Waals surface area contributed by atoms with E-state index in [0.29, 0.717) is 34.5 Å². The first kappa shape index (κ1) is 19.1. The Labute approximate surface area is 172 Å². The molecule has 1 aromatic heterocycles. The zero-order valence-electron chi connectivity index (χ0n) is 16.2. The molecule has 2 aromatic carbocycles. The van der Waals surface area contributed by atoms with Crippen LogP contribution in [0.2, 0.25) is 0 Å². The third-order valence-corrected chi connectivity index (χ3v) is 5.60. The van der Waals surface area contributed by atoms with Crippen LogP contribution in [0.4, 0.5) is 0 Å². The minimum absolute atomic E-state index is 0.145. The molecule has 2 heterocycles. The largest absolute Gasteiger partial charge is 0.484 e. The van der Waals surface area contributed by atoms with E-state index in [9.17, 15) is 4.79 Å². The fourth-order valence-corrected chi connectivity index (χ4v) is 4.08. The number of thiazole rings is 1. The van der Waals surface area contributed by atoms with Crippen LogP contribution in [-0.2, 0) is 11.3 Å². The molecule has 3 aromatic rings. The monoisotopic (exact) mass is 408 g/mol. The van der Waals surface area contributed by atoms with Gasteiger partial charge in [0, 0.05) is 12.1 Å². The summed E-state index contributed by atoms with van der Waals surface area (Å²) in [6.45, 7) is 4.60. The van der Waals surface area contributed by atoms with Gasteiger partial charge in [0.1, 0.15) is 5.75 Å². The summed E-state index contributed by atoms with van der Waals surface area (Å²) in [6.07, 6.45) is 5.52. The molecule has 29 heavy (non-hydrogen) atoms. The maximum absolute atomic E-state index is 12.4. The Morgan fingerprint density at radius 1 is 1.28 bits per heavy atom. The van der Waals surface area contributed by atoms with Gasteiger partial charge in [-0.25, -0.2) is 0 Å². The minimum Gasteiger partial charge on any atom is -0.484 e. The Balaban J connectivity index is 1.57. The van der Waals surface area contributed by atoms with Crippen LogP contribution >= 0.6 is 11.3 Å². The average molecular weight is 408 g/mol. The summed E-state index contributed by atoms with van der Waals surface area (Å²) in [4.78, 5) is 17.1. The van der Waals surface area contributed by atoms with Gasteiger partial charge in [0.2, 0.25) is 6.79 Å². The predicted molar refractivity (Wildman–Crippen MR) is 111 cm³/mol. The Hall–Kier alpha value is -3.24. The van der Waals surface area contributed by atoms with Gasteiger partial charge >= 0.3 is 0 Å². The molecule has 0 saturated heterocycles. The predicted octanol–water partition coefficient (Wildman–Crippen LogP) is 3.69. The third-order valence-electron chi connectivity index (χ3n) is 4.56. The fourth-order valence-electron chi connectivity index (χ4n) is 3.02. The fraction of sp³-hybridized carbons (Fsp3) is 0.273. The summed E-state index contributed by atoms with van der Waals surface area (Å²) in [5.74, 6) is 4.65. The van der Waals surface area contributed by atoms with Gasteiger partial charge < -0.3 is 18.8 Å². The van der Waals surface area contributed by atoms with Crippen molar-refractivity contribution in [2.24, 2.45) is 4.99 Å². The van der Waals surface area contributed by atoms with Gasteiger partial charge in [0.05, 0.1) is 16.8 Å². The maximum Gasteiger partial charge on any atom is 0.286 e. The number of hydrogen-bond acceptors (Lipinski definition) is 5. The molecule has 0 radical (unpaired) electrons. The summed E-state index contributed by atoms with van der Waals surface area (Å²) in [6, 6.07) is 11.5. The van der Waals surface area contributed by atoms with E-state index in [2.05, 4.69) is 24.8 Å². The number of amides is 1. The highest BCUT2D eigenvalue weighted by Gasteiger charge is 2.17. The van der Waals surface area contributed by atoms with Crippen molar-refractivity contribution < 1.29 is 19.0 Å². The van der Waals surface area contributed by atoms with E-state index in [1.54, 1.807) is 0 Å². The van der Waals surface area contributed by atoms with Crippen molar-refractivity contribution in [3.8, 4) is 29.6 Å². The number of benzene rings is 2. The van der Waals surface area contributed by atoms with Crippen molar-refractivity contribution in [2.45, 2.75) is 26.3 Å². The maximum atomic E-state index is 12.4. The first-order valence-corrected chi connectivity index (χ1v) is 10.0. The highest BCUT2D eigenvalue weighted by molar-refractivity contribution is 7.16. The molecular formula is C22H20N2O4S. The van der Waals surface area contributed by atoms with E-state index in [0.717, 1.165) is 10.2 Å². The third kappa shape index (κ3) is 3.98. The molecule has 0 unspecified atom stereocenters. The highest BCUT2D eigenvalue weighted by Crippen LogP contribution is 2.36. The summed E-state index contributed by atoms with van der Waals surface area (Å²) in [5.41, 5.74) is 2.07. The number of carbonyl (C=O) groups is 1. The molecule has 148 valence electrons. The highest BCUT2D eigenvalue weighted by atomic mass is 32.1. The molecule has 6 nitrogen and oxygen atoms in total. The standard InChI is InChI=1S/C22H20N2O4S/c1-4-9-24-17-10-18-19(28-13-27-18)11-20(17)29-22(24)23-21(25)12-26-16-7-5-15(6-8-16)14(2)3/h1,5-8,10-11,14H,9,12-13H2,2-3H3. The summed E-state index contributed by atoms with van der Waals surface area (Å²) >= 11 is 1.37. The number of nitrogens with zero attached hydrogens (tertiary/aromatic N) is 2. The molecule has 4 rings (SSSR count). The van der Waals surface area contributed by atoms with Crippen molar-refractivity contribution in [1.82, 2.24) is 4.57 Å². The van der Waals surface area contributed by atoms with Crippen LogP contribution in [-0.4, -0.2) is 23.9 Å². The summed E-state index contributed by atoms with van der Waals surface area (Å²) < 4.78 is 19.2. The molecule has 0 aliphatic carbocycles. The topological polar surface area (TPSA) is 62.1 Å². The van der Waals surface area contributed by atoms with Gasteiger partial charge in [0.15, 0.2) is 22.9 Å². The van der Waals surface area contributed by atoms with Gasteiger partial charge in [-0.05, 0) is 23.6 Å². The normalized spacial score (nSPS) is 13.1. The number of aromatic nitrogens is 1. The van der Waals surface area contributed by atoms with Crippen molar-refractivity contribution >= 4 is 27.5 Å².